The van der Waals surface area contributed by atoms with Crippen LogP contribution in [0, 0.1) is 13.8 Å². The van der Waals surface area contributed by atoms with E-state index in [1.54, 1.807) is 16.6 Å². The third-order valence-electron chi connectivity index (χ3n) is 6.73. The van der Waals surface area contributed by atoms with E-state index in [4.69, 9.17) is 4.98 Å². The van der Waals surface area contributed by atoms with Gasteiger partial charge in [0.25, 0.3) is 0 Å². The second-order valence-electron chi connectivity index (χ2n) is 9.18. The van der Waals surface area contributed by atoms with E-state index in [-0.39, 0.29) is 0 Å². The highest BCUT2D eigenvalue weighted by molar-refractivity contribution is 7.89. The summed E-state index contributed by atoms with van der Waals surface area (Å²) in [7, 11) is -3.51. The standard InChI is InChI=1S/C27H31N5O2S/c1-4-22-8-10-23(11-9-22)32-26(29-24-6-5-13-28-27(24)32)19-30-14-16-31(17-15-30)35(33,34)25-12-7-20(2)18-21(25)3/h5-13,18H,4,14-17,19H2,1-3H3. The third-order valence-corrected chi connectivity index (χ3v) is 8.79. The normalized spacial score (nSPS) is 15.6. The molecule has 0 radical (unpaired) electrons. The molecule has 4 aromatic rings. The lowest BCUT2D eigenvalue weighted by molar-refractivity contribution is 0.177. The number of nitrogens with zero attached hydrogens (tertiary/aromatic N) is 5. The molecule has 0 spiro atoms. The molecule has 0 amide bonds. The summed E-state index contributed by atoms with van der Waals surface area (Å²) < 4.78 is 30.3. The first kappa shape index (κ1) is 23.7. The Morgan fingerprint density at radius 1 is 0.943 bits per heavy atom. The largest absolute Gasteiger partial charge is 0.293 e. The van der Waals surface area contributed by atoms with Gasteiger partial charge in [-0.05, 0) is 61.7 Å². The first-order valence-electron chi connectivity index (χ1n) is 12.1. The van der Waals surface area contributed by atoms with Gasteiger partial charge in [0.15, 0.2) is 5.65 Å². The molecule has 1 saturated heterocycles. The maximum absolute atomic E-state index is 13.3. The number of piperazine rings is 1. The molecule has 2 aromatic heterocycles. The Kier molecular flexibility index (Phi) is 6.44. The highest BCUT2D eigenvalue weighted by atomic mass is 32.2. The molecule has 8 heteroatoms. The van der Waals surface area contributed by atoms with E-state index >= 15 is 0 Å². The fraction of sp³-hybridized carbons (Fsp3) is 0.333. The first-order valence-corrected chi connectivity index (χ1v) is 13.5. The Bertz CT molecular complexity index is 1450. The smallest absolute Gasteiger partial charge is 0.243 e. The molecule has 182 valence electrons. The van der Waals surface area contributed by atoms with Gasteiger partial charge in [-0.1, -0.05) is 36.8 Å². The van der Waals surface area contributed by atoms with Crippen molar-refractivity contribution in [2.24, 2.45) is 0 Å². The number of sulfonamides is 1. The minimum Gasteiger partial charge on any atom is -0.293 e. The summed E-state index contributed by atoms with van der Waals surface area (Å²) in [5.41, 5.74) is 5.87. The van der Waals surface area contributed by atoms with Crippen LogP contribution in [0.3, 0.4) is 0 Å². The van der Waals surface area contributed by atoms with E-state index in [1.807, 2.05) is 38.1 Å². The summed E-state index contributed by atoms with van der Waals surface area (Å²) in [5.74, 6) is 0.911. The van der Waals surface area contributed by atoms with Crippen LogP contribution in [0.4, 0.5) is 0 Å². The van der Waals surface area contributed by atoms with Gasteiger partial charge in [-0.15, -0.1) is 0 Å². The molecule has 1 aliphatic heterocycles. The van der Waals surface area contributed by atoms with Crippen LogP contribution in [0.2, 0.25) is 0 Å². The lowest BCUT2D eigenvalue weighted by atomic mass is 10.1. The van der Waals surface area contributed by atoms with E-state index in [0.29, 0.717) is 37.6 Å². The van der Waals surface area contributed by atoms with Crippen molar-refractivity contribution in [1.82, 2.24) is 23.7 Å². The molecular formula is C27H31N5O2S. The van der Waals surface area contributed by atoms with E-state index < -0.39 is 10.0 Å². The number of fused-ring (bicyclic) bond motifs is 1. The van der Waals surface area contributed by atoms with Gasteiger partial charge in [-0.3, -0.25) is 9.47 Å². The van der Waals surface area contributed by atoms with Crippen LogP contribution in [-0.2, 0) is 23.0 Å². The lowest BCUT2D eigenvalue weighted by Gasteiger charge is -2.34. The van der Waals surface area contributed by atoms with Crippen molar-refractivity contribution in [1.29, 1.82) is 0 Å². The molecular weight excluding hydrogens is 458 g/mol. The van der Waals surface area contributed by atoms with Gasteiger partial charge in [0, 0.05) is 38.1 Å². The molecule has 7 nitrogen and oxygen atoms in total. The number of hydrogen-bond acceptors (Lipinski definition) is 5. The fourth-order valence-electron chi connectivity index (χ4n) is 4.77. The minimum absolute atomic E-state index is 0.403. The average molecular weight is 490 g/mol. The summed E-state index contributed by atoms with van der Waals surface area (Å²) in [5, 5.41) is 0. The Hall–Kier alpha value is -3.07. The van der Waals surface area contributed by atoms with Crippen LogP contribution < -0.4 is 0 Å². The van der Waals surface area contributed by atoms with E-state index in [0.717, 1.165) is 40.2 Å². The van der Waals surface area contributed by atoms with Crippen LogP contribution >= 0.6 is 0 Å². The number of rotatable bonds is 6. The molecule has 35 heavy (non-hydrogen) atoms. The second-order valence-corrected chi connectivity index (χ2v) is 11.1. The van der Waals surface area contributed by atoms with Gasteiger partial charge < -0.3 is 0 Å². The van der Waals surface area contributed by atoms with Crippen molar-refractivity contribution < 1.29 is 8.42 Å². The van der Waals surface area contributed by atoms with Crippen molar-refractivity contribution in [3.63, 3.8) is 0 Å². The summed E-state index contributed by atoms with van der Waals surface area (Å²) in [6, 6.07) is 17.9. The van der Waals surface area contributed by atoms with Gasteiger partial charge in [0.2, 0.25) is 10.0 Å². The van der Waals surface area contributed by atoms with Crippen LogP contribution in [-0.4, -0.2) is 58.3 Å². The van der Waals surface area contributed by atoms with Crippen molar-refractivity contribution in [3.8, 4) is 5.69 Å². The van der Waals surface area contributed by atoms with Crippen molar-refractivity contribution >= 4 is 21.2 Å². The average Bonchev–Trinajstić information content (AvgIpc) is 3.22. The molecule has 5 rings (SSSR count). The molecule has 1 aliphatic rings. The lowest BCUT2D eigenvalue weighted by Crippen LogP contribution is -2.48. The molecule has 3 heterocycles. The van der Waals surface area contributed by atoms with Gasteiger partial charge in [-0.25, -0.2) is 18.4 Å². The van der Waals surface area contributed by atoms with Gasteiger partial charge in [-0.2, -0.15) is 4.31 Å². The molecule has 0 unspecified atom stereocenters. The van der Waals surface area contributed by atoms with Gasteiger partial charge in [0.05, 0.1) is 11.4 Å². The first-order chi connectivity index (χ1) is 16.9. The zero-order valence-electron chi connectivity index (χ0n) is 20.5. The molecule has 1 fully saturated rings. The highest BCUT2D eigenvalue weighted by Crippen LogP contribution is 2.24. The van der Waals surface area contributed by atoms with E-state index in [2.05, 4.69) is 45.6 Å². The topological polar surface area (TPSA) is 71.3 Å². The number of pyridine rings is 1. The Labute approximate surface area is 207 Å². The maximum Gasteiger partial charge on any atom is 0.243 e. The zero-order chi connectivity index (χ0) is 24.6. The second kappa shape index (κ2) is 9.53. The van der Waals surface area contributed by atoms with Crippen LogP contribution in [0.1, 0.15) is 29.4 Å². The van der Waals surface area contributed by atoms with E-state index in [1.165, 1.54) is 5.56 Å². The summed E-state index contributed by atoms with van der Waals surface area (Å²) in [6.45, 7) is 8.83. The molecule has 0 atom stereocenters. The number of hydrogen-bond donors (Lipinski definition) is 0. The van der Waals surface area contributed by atoms with Crippen molar-refractivity contribution in [3.05, 3.63) is 83.3 Å². The SMILES string of the molecule is CCc1ccc(-n2c(CN3CCN(S(=O)(=O)c4ccc(C)cc4C)CC3)nc3cccnc32)cc1. The number of imidazole rings is 1. The maximum atomic E-state index is 13.3. The molecule has 0 bridgehead atoms. The fourth-order valence-corrected chi connectivity index (χ4v) is 6.40. The van der Waals surface area contributed by atoms with Gasteiger partial charge in [0.1, 0.15) is 11.3 Å². The summed E-state index contributed by atoms with van der Waals surface area (Å²) in [6.07, 6.45) is 2.78. The molecule has 2 aromatic carbocycles. The number of aromatic nitrogens is 3. The van der Waals surface area contributed by atoms with Gasteiger partial charge >= 0.3 is 0 Å². The summed E-state index contributed by atoms with van der Waals surface area (Å²) >= 11 is 0. The van der Waals surface area contributed by atoms with Crippen molar-refractivity contribution in [2.75, 3.05) is 26.2 Å². The van der Waals surface area contributed by atoms with Crippen LogP contribution in [0.5, 0.6) is 0 Å². The molecule has 0 aliphatic carbocycles. The summed E-state index contributed by atoms with van der Waals surface area (Å²) in [4.78, 5) is 12.2. The predicted octanol–water partition coefficient (Wildman–Crippen LogP) is 4.11. The monoisotopic (exact) mass is 489 g/mol. The van der Waals surface area contributed by atoms with E-state index in [9.17, 15) is 8.42 Å². The highest BCUT2D eigenvalue weighted by Gasteiger charge is 2.30. The zero-order valence-corrected chi connectivity index (χ0v) is 21.3. The van der Waals surface area contributed by atoms with Crippen LogP contribution in [0.25, 0.3) is 16.9 Å². The Balaban J connectivity index is 1.36. The molecule has 0 saturated carbocycles. The number of aryl methyl sites for hydroxylation is 3. The third kappa shape index (κ3) is 4.61. The Morgan fingerprint density at radius 2 is 1.69 bits per heavy atom. The quantitative estimate of drug-likeness (QED) is 0.408. The van der Waals surface area contributed by atoms with Crippen molar-refractivity contribution in [2.45, 2.75) is 38.6 Å². The predicted molar refractivity (Wildman–Crippen MR) is 138 cm³/mol. The Morgan fingerprint density at radius 3 is 2.37 bits per heavy atom. The minimum atomic E-state index is -3.51. The molecule has 0 N–H and O–H groups in total. The van der Waals surface area contributed by atoms with Crippen LogP contribution in [0.15, 0.2) is 65.7 Å². The number of benzene rings is 2.